The Labute approximate surface area is 104 Å². The monoisotopic (exact) mass is 256 g/mol. The highest BCUT2D eigenvalue weighted by Crippen LogP contribution is 2.39. The predicted molar refractivity (Wildman–Crippen MR) is 69.4 cm³/mol. The van der Waals surface area contributed by atoms with E-state index in [0.717, 1.165) is 0 Å². The van der Waals surface area contributed by atoms with Crippen molar-refractivity contribution in [1.29, 1.82) is 0 Å². The largest absolute Gasteiger partial charge is 0.285 e. The Morgan fingerprint density at radius 3 is 2.12 bits per heavy atom. The van der Waals surface area contributed by atoms with Gasteiger partial charge in [-0.15, -0.1) is 0 Å². The molecule has 1 atom stereocenters. The fourth-order valence-corrected chi connectivity index (χ4v) is 3.65. The van der Waals surface area contributed by atoms with Crippen LogP contribution in [0.2, 0.25) is 0 Å². The Bertz CT molecular complexity index is 451. The summed E-state index contributed by atoms with van der Waals surface area (Å²) in [5.74, 6) is 0.192. The quantitative estimate of drug-likeness (QED) is 0.823. The third-order valence-electron chi connectivity index (χ3n) is 3.10. The lowest BCUT2D eigenvalue weighted by atomic mass is 9.87. The summed E-state index contributed by atoms with van der Waals surface area (Å²) in [6.45, 7) is 5.71. The van der Waals surface area contributed by atoms with Gasteiger partial charge in [0.15, 0.2) is 0 Å². The number of hydrogen-bond acceptors (Lipinski definition) is 2. The molecule has 1 N–H and O–H groups in total. The highest BCUT2D eigenvalue weighted by molar-refractivity contribution is 7.86. The molecule has 0 saturated heterocycles. The van der Waals surface area contributed by atoms with Gasteiger partial charge in [-0.3, -0.25) is 4.55 Å². The van der Waals surface area contributed by atoms with Gasteiger partial charge in [0.1, 0.15) is 4.75 Å². The minimum atomic E-state index is -4.12. The lowest BCUT2D eigenvalue weighted by molar-refractivity contribution is 0.371. The summed E-state index contributed by atoms with van der Waals surface area (Å²) in [6.07, 6.45) is 0.792. The van der Waals surface area contributed by atoms with Crippen molar-refractivity contribution in [3.8, 4) is 0 Å². The second-order valence-corrected chi connectivity index (χ2v) is 6.52. The third kappa shape index (κ3) is 2.87. The van der Waals surface area contributed by atoms with Gasteiger partial charge in [-0.1, -0.05) is 51.1 Å². The van der Waals surface area contributed by atoms with Crippen molar-refractivity contribution in [3.63, 3.8) is 0 Å². The molecule has 0 fully saturated rings. The van der Waals surface area contributed by atoms with E-state index in [9.17, 15) is 13.0 Å². The average molecular weight is 256 g/mol. The van der Waals surface area contributed by atoms with Crippen molar-refractivity contribution in [3.05, 3.63) is 35.9 Å². The first-order valence-electron chi connectivity index (χ1n) is 5.86. The molecule has 0 bridgehead atoms. The van der Waals surface area contributed by atoms with Gasteiger partial charge < -0.3 is 0 Å². The second kappa shape index (κ2) is 5.19. The molecule has 1 rings (SSSR count). The molecule has 0 amide bonds. The molecule has 0 aliphatic heterocycles. The maximum absolute atomic E-state index is 11.8. The SMILES string of the molecule is CCC(CC(C)C)(c1ccccc1)S(=O)(=O)O. The molecule has 4 heteroatoms. The molecule has 0 saturated carbocycles. The molecule has 1 aromatic carbocycles. The first-order chi connectivity index (χ1) is 7.83. The minimum Gasteiger partial charge on any atom is -0.285 e. The topological polar surface area (TPSA) is 54.4 Å². The maximum atomic E-state index is 11.8. The zero-order valence-corrected chi connectivity index (χ0v) is 11.4. The van der Waals surface area contributed by atoms with Crippen molar-refractivity contribution in [2.24, 2.45) is 5.92 Å². The van der Waals surface area contributed by atoms with Crippen molar-refractivity contribution in [1.82, 2.24) is 0 Å². The summed E-state index contributed by atoms with van der Waals surface area (Å²) >= 11 is 0. The van der Waals surface area contributed by atoms with E-state index in [1.165, 1.54) is 0 Å². The molecule has 96 valence electrons. The normalized spacial score (nSPS) is 15.8. The van der Waals surface area contributed by atoms with Crippen LogP contribution in [0.4, 0.5) is 0 Å². The zero-order valence-electron chi connectivity index (χ0n) is 10.6. The standard InChI is InChI=1S/C13H20O3S/c1-4-13(10-11(2)3,17(14,15)16)12-8-6-5-7-9-12/h5-9,11H,4,10H2,1-3H3,(H,14,15,16). The van der Waals surface area contributed by atoms with E-state index in [4.69, 9.17) is 0 Å². The highest BCUT2D eigenvalue weighted by Gasteiger charge is 2.43. The van der Waals surface area contributed by atoms with Gasteiger partial charge >= 0.3 is 0 Å². The van der Waals surface area contributed by atoms with Gasteiger partial charge in [0, 0.05) is 0 Å². The van der Waals surface area contributed by atoms with Crippen LogP contribution in [0.25, 0.3) is 0 Å². The summed E-state index contributed by atoms with van der Waals surface area (Å²) < 4.78 is 32.0. The summed E-state index contributed by atoms with van der Waals surface area (Å²) in [4.78, 5) is 0. The molecule has 3 nitrogen and oxygen atoms in total. The predicted octanol–water partition coefficient (Wildman–Crippen LogP) is 3.23. The summed E-state index contributed by atoms with van der Waals surface area (Å²) in [5, 5.41) is 0. The zero-order chi connectivity index (χ0) is 13.1. The number of rotatable bonds is 5. The summed E-state index contributed by atoms with van der Waals surface area (Å²) in [7, 11) is -4.12. The van der Waals surface area contributed by atoms with Gasteiger partial charge in [-0.2, -0.15) is 8.42 Å². The fourth-order valence-electron chi connectivity index (χ4n) is 2.30. The first-order valence-corrected chi connectivity index (χ1v) is 7.30. The molecule has 0 aliphatic rings. The van der Waals surface area contributed by atoms with Gasteiger partial charge in [0.2, 0.25) is 0 Å². The van der Waals surface area contributed by atoms with Crippen molar-refractivity contribution >= 4 is 10.1 Å². The van der Waals surface area contributed by atoms with Crippen LogP contribution in [0.15, 0.2) is 30.3 Å². The summed E-state index contributed by atoms with van der Waals surface area (Å²) in [6, 6.07) is 8.96. The highest BCUT2D eigenvalue weighted by atomic mass is 32.2. The maximum Gasteiger partial charge on any atom is 0.274 e. The minimum absolute atomic E-state index is 0.192. The van der Waals surface area contributed by atoms with E-state index in [1.807, 2.05) is 19.9 Å². The third-order valence-corrected chi connectivity index (χ3v) is 4.78. The Morgan fingerprint density at radius 1 is 1.24 bits per heavy atom. The molecule has 0 spiro atoms. The van der Waals surface area contributed by atoms with Crippen LogP contribution < -0.4 is 0 Å². The Hall–Kier alpha value is -0.870. The molecule has 1 unspecified atom stereocenters. The van der Waals surface area contributed by atoms with Crippen molar-refractivity contribution in [2.45, 2.75) is 38.4 Å². The Kier molecular flexibility index (Phi) is 4.33. The lowest BCUT2D eigenvalue weighted by Gasteiger charge is -2.31. The molecular formula is C13H20O3S. The summed E-state index contributed by atoms with van der Waals surface area (Å²) in [5.41, 5.74) is 0.665. The fraction of sp³-hybridized carbons (Fsp3) is 0.538. The van der Waals surface area contributed by atoms with E-state index < -0.39 is 14.9 Å². The van der Waals surface area contributed by atoms with Crippen LogP contribution in [0.5, 0.6) is 0 Å². The average Bonchev–Trinajstić information content (AvgIpc) is 2.25. The van der Waals surface area contributed by atoms with Crippen LogP contribution >= 0.6 is 0 Å². The van der Waals surface area contributed by atoms with Gasteiger partial charge in [-0.05, 0) is 24.3 Å². The molecule has 0 radical (unpaired) electrons. The van der Waals surface area contributed by atoms with E-state index in [0.29, 0.717) is 18.4 Å². The Morgan fingerprint density at radius 2 is 1.76 bits per heavy atom. The molecule has 0 aliphatic carbocycles. The molecular weight excluding hydrogens is 236 g/mol. The van der Waals surface area contributed by atoms with E-state index in [-0.39, 0.29) is 5.92 Å². The van der Waals surface area contributed by atoms with Crippen molar-refractivity contribution < 1.29 is 13.0 Å². The Balaban J connectivity index is 3.37. The lowest BCUT2D eigenvalue weighted by Crippen LogP contribution is -2.36. The van der Waals surface area contributed by atoms with Crippen LogP contribution in [0, 0.1) is 5.92 Å². The molecule has 1 aromatic rings. The van der Waals surface area contributed by atoms with E-state index >= 15 is 0 Å². The molecule has 0 heterocycles. The molecule has 17 heavy (non-hydrogen) atoms. The van der Waals surface area contributed by atoms with Gasteiger partial charge in [0.05, 0.1) is 0 Å². The van der Waals surface area contributed by atoms with Crippen molar-refractivity contribution in [2.75, 3.05) is 0 Å². The van der Waals surface area contributed by atoms with Gasteiger partial charge in [0.25, 0.3) is 10.1 Å². The van der Waals surface area contributed by atoms with E-state index in [2.05, 4.69) is 0 Å². The van der Waals surface area contributed by atoms with Crippen LogP contribution in [-0.4, -0.2) is 13.0 Å². The van der Waals surface area contributed by atoms with Crippen LogP contribution in [0.1, 0.15) is 39.2 Å². The van der Waals surface area contributed by atoms with Crippen LogP contribution in [0.3, 0.4) is 0 Å². The molecule has 0 aromatic heterocycles. The second-order valence-electron chi connectivity index (χ2n) is 4.79. The first kappa shape index (κ1) is 14.2. The smallest absolute Gasteiger partial charge is 0.274 e. The number of benzene rings is 1. The van der Waals surface area contributed by atoms with Crippen LogP contribution in [-0.2, 0) is 14.9 Å². The number of hydrogen-bond donors (Lipinski definition) is 1. The van der Waals surface area contributed by atoms with E-state index in [1.54, 1.807) is 31.2 Å². The van der Waals surface area contributed by atoms with Gasteiger partial charge in [-0.25, -0.2) is 0 Å².